The molecule has 3 aromatic rings. The van der Waals surface area contributed by atoms with Crippen molar-refractivity contribution in [2.45, 2.75) is 25.9 Å². The molecule has 1 aromatic heterocycles. The van der Waals surface area contributed by atoms with Crippen LogP contribution in [0.4, 0.5) is 10.6 Å². The Morgan fingerprint density at radius 3 is 2.57 bits per heavy atom. The van der Waals surface area contributed by atoms with Gasteiger partial charge in [-0.3, -0.25) is 4.79 Å². The minimum atomic E-state index is -1.24. The van der Waals surface area contributed by atoms with Crippen molar-refractivity contribution in [3.8, 4) is 0 Å². The van der Waals surface area contributed by atoms with Crippen LogP contribution in [0, 0.1) is 6.92 Å². The lowest BCUT2D eigenvalue weighted by Crippen LogP contribution is -2.47. The average Bonchev–Trinajstić information content (AvgIpc) is 2.66. The molecule has 1 heterocycles. The minimum Gasteiger partial charge on any atom is -0.465 e. The first-order valence-corrected chi connectivity index (χ1v) is 8.90. The van der Waals surface area contributed by atoms with E-state index in [-0.39, 0.29) is 13.0 Å². The Morgan fingerprint density at radius 2 is 1.82 bits per heavy atom. The third-order valence-electron chi connectivity index (χ3n) is 4.59. The normalized spacial score (nSPS) is 11.8. The van der Waals surface area contributed by atoms with Gasteiger partial charge in [-0.05, 0) is 34.9 Å². The number of rotatable bonds is 6. The number of nitrogens with two attached hydrogens (primary N) is 1. The Balaban J connectivity index is 1.77. The predicted molar refractivity (Wildman–Crippen MR) is 108 cm³/mol. The molecule has 0 aliphatic heterocycles. The molecular formula is C21H22N4O3. The average molecular weight is 378 g/mol. The molecule has 144 valence electrons. The van der Waals surface area contributed by atoms with Crippen molar-refractivity contribution < 1.29 is 14.7 Å². The summed E-state index contributed by atoms with van der Waals surface area (Å²) < 4.78 is 0. The molecule has 2 aromatic carbocycles. The number of aromatic nitrogens is 1. The van der Waals surface area contributed by atoms with Crippen LogP contribution in [0.2, 0.25) is 0 Å². The maximum Gasteiger partial charge on any atom is 0.405 e. The number of carboxylic acid groups (broad SMARTS) is 1. The fourth-order valence-corrected chi connectivity index (χ4v) is 3.15. The third kappa shape index (κ3) is 4.56. The second kappa shape index (κ2) is 8.39. The smallest absolute Gasteiger partial charge is 0.405 e. The predicted octanol–water partition coefficient (Wildman–Crippen LogP) is 2.62. The molecule has 0 aliphatic carbocycles. The number of hydrogen-bond acceptors (Lipinski definition) is 4. The standard InChI is InChI=1S/C21H22N4O3/c1-13-16(9-10-19(22)24-13)12-23-20(26)18(25-21(27)28)11-15-7-4-6-14-5-2-3-8-17(14)15/h2-10,18,25H,11-12H2,1H3,(H2,22,24)(H,23,26)(H,27,28)/t18-/m0/s1. The summed E-state index contributed by atoms with van der Waals surface area (Å²) in [5, 5.41) is 16.3. The molecule has 2 amide bonds. The summed E-state index contributed by atoms with van der Waals surface area (Å²) in [6, 6.07) is 16.1. The monoisotopic (exact) mass is 378 g/mol. The minimum absolute atomic E-state index is 0.241. The number of nitrogens with zero attached hydrogens (tertiary/aromatic N) is 1. The Labute approximate surface area is 162 Å². The molecule has 0 saturated heterocycles. The maximum absolute atomic E-state index is 12.7. The van der Waals surface area contributed by atoms with E-state index >= 15 is 0 Å². The molecule has 0 unspecified atom stereocenters. The number of nitrogen functional groups attached to an aromatic ring is 1. The number of hydrogen-bond donors (Lipinski definition) is 4. The quantitative estimate of drug-likeness (QED) is 0.526. The van der Waals surface area contributed by atoms with Gasteiger partial charge in [-0.25, -0.2) is 9.78 Å². The lowest BCUT2D eigenvalue weighted by Gasteiger charge is -2.18. The highest BCUT2D eigenvalue weighted by atomic mass is 16.4. The topological polar surface area (TPSA) is 117 Å². The summed E-state index contributed by atoms with van der Waals surface area (Å²) in [5.41, 5.74) is 8.09. The molecule has 0 radical (unpaired) electrons. The van der Waals surface area contributed by atoms with Crippen LogP contribution < -0.4 is 16.4 Å². The summed E-state index contributed by atoms with van der Waals surface area (Å²) in [6.07, 6.45) is -0.996. The lowest BCUT2D eigenvalue weighted by atomic mass is 9.98. The van der Waals surface area contributed by atoms with Gasteiger partial charge in [0, 0.05) is 18.7 Å². The van der Waals surface area contributed by atoms with Gasteiger partial charge >= 0.3 is 6.09 Å². The van der Waals surface area contributed by atoms with Crippen molar-refractivity contribution >= 4 is 28.6 Å². The fraction of sp³-hybridized carbons (Fsp3) is 0.190. The number of aryl methyl sites for hydroxylation is 1. The molecule has 5 N–H and O–H groups in total. The van der Waals surface area contributed by atoms with Gasteiger partial charge in [0.15, 0.2) is 0 Å². The van der Waals surface area contributed by atoms with E-state index in [1.165, 1.54) is 0 Å². The van der Waals surface area contributed by atoms with Crippen LogP contribution in [0.25, 0.3) is 10.8 Å². The van der Waals surface area contributed by atoms with Crippen molar-refractivity contribution in [1.82, 2.24) is 15.6 Å². The molecule has 0 aliphatic rings. The number of nitrogens with one attached hydrogen (secondary N) is 2. The highest BCUT2D eigenvalue weighted by molar-refractivity contribution is 5.89. The summed E-state index contributed by atoms with van der Waals surface area (Å²) in [4.78, 5) is 28.1. The number of pyridine rings is 1. The van der Waals surface area contributed by atoms with Crippen LogP contribution in [0.3, 0.4) is 0 Å². The van der Waals surface area contributed by atoms with Crippen molar-refractivity contribution in [3.05, 3.63) is 71.4 Å². The van der Waals surface area contributed by atoms with Gasteiger partial charge in [-0.15, -0.1) is 0 Å². The van der Waals surface area contributed by atoms with Crippen molar-refractivity contribution in [1.29, 1.82) is 0 Å². The highest BCUT2D eigenvalue weighted by Crippen LogP contribution is 2.20. The Kier molecular flexibility index (Phi) is 5.74. The molecule has 0 spiro atoms. The van der Waals surface area contributed by atoms with Crippen LogP contribution in [-0.4, -0.2) is 28.1 Å². The second-order valence-corrected chi connectivity index (χ2v) is 6.54. The molecule has 3 rings (SSSR count). The molecule has 0 fully saturated rings. The number of anilines is 1. The molecule has 0 bridgehead atoms. The number of carbonyl (C=O) groups excluding carboxylic acids is 1. The van der Waals surface area contributed by atoms with E-state index in [2.05, 4.69) is 15.6 Å². The highest BCUT2D eigenvalue weighted by Gasteiger charge is 2.22. The van der Waals surface area contributed by atoms with E-state index in [9.17, 15) is 9.59 Å². The van der Waals surface area contributed by atoms with Gasteiger partial charge in [0.05, 0.1) is 0 Å². The van der Waals surface area contributed by atoms with Crippen LogP contribution in [0.15, 0.2) is 54.6 Å². The van der Waals surface area contributed by atoms with E-state index in [1.54, 1.807) is 19.1 Å². The van der Waals surface area contributed by atoms with Crippen molar-refractivity contribution in [2.75, 3.05) is 5.73 Å². The number of fused-ring (bicyclic) bond motifs is 1. The van der Waals surface area contributed by atoms with Crippen LogP contribution in [0.1, 0.15) is 16.8 Å². The summed E-state index contributed by atoms with van der Waals surface area (Å²) in [5.74, 6) is 0.0144. The summed E-state index contributed by atoms with van der Waals surface area (Å²) >= 11 is 0. The molecule has 1 atom stereocenters. The molecular weight excluding hydrogens is 356 g/mol. The number of benzene rings is 2. The third-order valence-corrected chi connectivity index (χ3v) is 4.59. The summed E-state index contributed by atoms with van der Waals surface area (Å²) in [6.45, 7) is 2.05. The first kappa shape index (κ1) is 19.2. The SMILES string of the molecule is Cc1nc(N)ccc1CNC(=O)[C@H](Cc1cccc2ccccc12)NC(=O)O. The van der Waals surface area contributed by atoms with E-state index in [4.69, 9.17) is 10.8 Å². The second-order valence-electron chi connectivity index (χ2n) is 6.54. The zero-order valence-electron chi connectivity index (χ0n) is 15.5. The lowest BCUT2D eigenvalue weighted by molar-refractivity contribution is -0.123. The largest absolute Gasteiger partial charge is 0.465 e. The van der Waals surface area contributed by atoms with Crippen LogP contribution in [-0.2, 0) is 17.8 Å². The molecule has 7 nitrogen and oxygen atoms in total. The first-order valence-electron chi connectivity index (χ1n) is 8.90. The Morgan fingerprint density at radius 1 is 1.07 bits per heavy atom. The van der Waals surface area contributed by atoms with Gasteiger partial charge in [0.2, 0.25) is 5.91 Å². The van der Waals surface area contributed by atoms with Gasteiger partial charge in [-0.2, -0.15) is 0 Å². The van der Waals surface area contributed by atoms with Crippen LogP contribution in [0.5, 0.6) is 0 Å². The van der Waals surface area contributed by atoms with Crippen molar-refractivity contribution in [3.63, 3.8) is 0 Å². The Bertz CT molecular complexity index is 1010. The van der Waals surface area contributed by atoms with Gasteiger partial charge < -0.3 is 21.5 Å². The van der Waals surface area contributed by atoms with E-state index in [0.717, 1.165) is 27.6 Å². The van der Waals surface area contributed by atoms with Gasteiger partial charge in [0.25, 0.3) is 0 Å². The summed E-state index contributed by atoms with van der Waals surface area (Å²) in [7, 11) is 0. The fourth-order valence-electron chi connectivity index (χ4n) is 3.15. The van der Waals surface area contributed by atoms with E-state index in [1.807, 2.05) is 42.5 Å². The van der Waals surface area contributed by atoms with Crippen molar-refractivity contribution in [2.24, 2.45) is 0 Å². The van der Waals surface area contributed by atoms with E-state index in [0.29, 0.717) is 5.82 Å². The molecule has 7 heteroatoms. The Hall–Kier alpha value is -3.61. The maximum atomic E-state index is 12.7. The molecule has 0 saturated carbocycles. The van der Waals surface area contributed by atoms with Gasteiger partial charge in [0.1, 0.15) is 11.9 Å². The number of carbonyl (C=O) groups is 2. The zero-order valence-corrected chi connectivity index (χ0v) is 15.5. The van der Waals surface area contributed by atoms with E-state index < -0.39 is 18.0 Å². The molecule has 28 heavy (non-hydrogen) atoms. The first-order chi connectivity index (χ1) is 13.4. The zero-order chi connectivity index (χ0) is 20.1. The number of amides is 2. The van der Waals surface area contributed by atoms with Crippen LogP contribution >= 0.6 is 0 Å². The van der Waals surface area contributed by atoms with Gasteiger partial charge in [-0.1, -0.05) is 48.5 Å².